The van der Waals surface area contributed by atoms with Gasteiger partial charge in [0, 0.05) is 5.56 Å². The number of rotatable bonds is 7. The molecule has 154 valence electrons. The van der Waals surface area contributed by atoms with Crippen molar-refractivity contribution in [2.24, 2.45) is 0 Å². The molecule has 0 aliphatic carbocycles. The molecule has 1 aromatic heterocycles. The minimum absolute atomic E-state index is 0.0888. The van der Waals surface area contributed by atoms with Crippen molar-refractivity contribution in [1.29, 1.82) is 0 Å². The van der Waals surface area contributed by atoms with Crippen molar-refractivity contribution in [3.63, 3.8) is 0 Å². The normalized spacial score (nSPS) is 11.3. The molecular formula is C23H22N2O5. The first-order chi connectivity index (χ1) is 14.6. The molecule has 30 heavy (non-hydrogen) atoms. The molecule has 7 heteroatoms. The summed E-state index contributed by atoms with van der Waals surface area (Å²) in [6.07, 6.45) is -1.57. The number of nitrogens with one attached hydrogen (secondary N) is 1. The predicted octanol–water partition coefficient (Wildman–Crippen LogP) is 4.44. The lowest BCUT2D eigenvalue weighted by Gasteiger charge is -2.16. The quantitative estimate of drug-likeness (QED) is 0.584. The SMILES string of the molecule is COC(=O)[C@@H](C)Oc1nc(-c2ccccc2)ccc1NC(=O)OCc1ccccc1. The molecule has 7 nitrogen and oxygen atoms in total. The predicted molar refractivity (Wildman–Crippen MR) is 112 cm³/mol. The van der Waals surface area contributed by atoms with E-state index in [1.54, 1.807) is 19.1 Å². The van der Waals surface area contributed by atoms with E-state index < -0.39 is 18.2 Å². The highest BCUT2D eigenvalue weighted by atomic mass is 16.6. The van der Waals surface area contributed by atoms with E-state index in [0.717, 1.165) is 11.1 Å². The van der Waals surface area contributed by atoms with Crippen LogP contribution in [0, 0.1) is 0 Å². The van der Waals surface area contributed by atoms with E-state index in [-0.39, 0.29) is 18.2 Å². The molecule has 2 aromatic carbocycles. The monoisotopic (exact) mass is 406 g/mol. The van der Waals surface area contributed by atoms with Gasteiger partial charge in [-0.3, -0.25) is 5.32 Å². The summed E-state index contributed by atoms with van der Waals surface area (Å²) in [6, 6.07) is 22.2. The second-order valence-corrected chi connectivity index (χ2v) is 6.39. The van der Waals surface area contributed by atoms with E-state index in [0.29, 0.717) is 5.69 Å². The number of esters is 1. The Morgan fingerprint density at radius 2 is 1.63 bits per heavy atom. The van der Waals surface area contributed by atoms with Gasteiger partial charge in [-0.15, -0.1) is 0 Å². The number of aromatic nitrogens is 1. The van der Waals surface area contributed by atoms with E-state index in [9.17, 15) is 9.59 Å². The summed E-state index contributed by atoms with van der Waals surface area (Å²) in [4.78, 5) is 28.5. The molecule has 1 amide bonds. The zero-order chi connectivity index (χ0) is 21.3. The van der Waals surface area contributed by atoms with Crippen LogP contribution in [0.2, 0.25) is 0 Å². The van der Waals surface area contributed by atoms with E-state index in [2.05, 4.69) is 10.3 Å². The van der Waals surface area contributed by atoms with Crippen LogP contribution < -0.4 is 10.1 Å². The van der Waals surface area contributed by atoms with Gasteiger partial charge in [0.1, 0.15) is 12.3 Å². The Kier molecular flexibility index (Phi) is 7.00. The first-order valence-electron chi connectivity index (χ1n) is 9.35. The molecule has 0 aliphatic rings. The molecule has 1 N–H and O–H groups in total. The largest absolute Gasteiger partial charge is 0.466 e. The van der Waals surface area contributed by atoms with Crippen molar-refractivity contribution in [3.05, 3.63) is 78.4 Å². The van der Waals surface area contributed by atoms with Crippen LogP contribution in [-0.4, -0.2) is 30.3 Å². The number of hydrogen-bond acceptors (Lipinski definition) is 6. The summed E-state index contributed by atoms with van der Waals surface area (Å²) in [6.45, 7) is 1.66. The van der Waals surface area contributed by atoms with Crippen LogP contribution >= 0.6 is 0 Å². The molecule has 0 radical (unpaired) electrons. The third kappa shape index (κ3) is 5.57. The summed E-state index contributed by atoms with van der Waals surface area (Å²) >= 11 is 0. The summed E-state index contributed by atoms with van der Waals surface area (Å²) < 4.78 is 15.6. The van der Waals surface area contributed by atoms with Crippen molar-refractivity contribution in [2.75, 3.05) is 12.4 Å². The first-order valence-corrected chi connectivity index (χ1v) is 9.35. The molecular weight excluding hydrogens is 384 g/mol. The summed E-state index contributed by atoms with van der Waals surface area (Å²) in [5.41, 5.74) is 2.64. The number of benzene rings is 2. The van der Waals surface area contributed by atoms with Crippen LogP contribution in [0.5, 0.6) is 5.88 Å². The molecule has 3 aromatic rings. The fraction of sp³-hybridized carbons (Fsp3) is 0.174. The Bertz CT molecular complexity index is 993. The van der Waals surface area contributed by atoms with Crippen LogP contribution in [0.15, 0.2) is 72.8 Å². The minimum Gasteiger partial charge on any atom is -0.466 e. The Hall–Kier alpha value is -3.87. The Labute approximate surface area is 174 Å². The number of carbonyl (C=O) groups is 2. The maximum atomic E-state index is 12.3. The Balaban J connectivity index is 1.79. The van der Waals surface area contributed by atoms with Gasteiger partial charge in [-0.2, -0.15) is 0 Å². The van der Waals surface area contributed by atoms with Crippen molar-refractivity contribution in [2.45, 2.75) is 19.6 Å². The third-order valence-corrected chi connectivity index (χ3v) is 4.20. The Morgan fingerprint density at radius 3 is 2.30 bits per heavy atom. The molecule has 0 unspecified atom stereocenters. The lowest BCUT2D eigenvalue weighted by Crippen LogP contribution is -2.26. The highest BCUT2D eigenvalue weighted by Gasteiger charge is 2.20. The van der Waals surface area contributed by atoms with Crippen molar-refractivity contribution in [1.82, 2.24) is 4.98 Å². The fourth-order valence-corrected chi connectivity index (χ4v) is 2.65. The molecule has 0 saturated heterocycles. The average Bonchev–Trinajstić information content (AvgIpc) is 2.79. The van der Waals surface area contributed by atoms with Gasteiger partial charge in [0.2, 0.25) is 5.88 Å². The summed E-state index contributed by atoms with van der Waals surface area (Å²) in [5, 5.41) is 2.62. The second kappa shape index (κ2) is 10.1. The number of carbonyl (C=O) groups excluding carboxylic acids is 2. The van der Waals surface area contributed by atoms with Crippen molar-refractivity contribution < 1.29 is 23.8 Å². The summed E-state index contributed by atoms with van der Waals surface area (Å²) in [7, 11) is 1.27. The van der Waals surface area contributed by atoms with Gasteiger partial charge in [0.15, 0.2) is 6.10 Å². The molecule has 0 fully saturated rings. The lowest BCUT2D eigenvalue weighted by atomic mass is 10.1. The molecule has 0 bridgehead atoms. The van der Waals surface area contributed by atoms with Crippen molar-refractivity contribution in [3.8, 4) is 17.1 Å². The smallest absolute Gasteiger partial charge is 0.412 e. The van der Waals surface area contributed by atoms with Crippen molar-refractivity contribution >= 4 is 17.7 Å². The van der Waals surface area contributed by atoms with Gasteiger partial charge >= 0.3 is 12.1 Å². The average molecular weight is 406 g/mol. The number of nitrogens with zero attached hydrogens (tertiary/aromatic N) is 1. The van der Waals surface area contributed by atoms with Crippen LogP contribution in [-0.2, 0) is 20.9 Å². The van der Waals surface area contributed by atoms with Gasteiger partial charge in [-0.1, -0.05) is 60.7 Å². The van der Waals surface area contributed by atoms with Gasteiger partial charge < -0.3 is 14.2 Å². The Morgan fingerprint density at radius 1 is 0.967 bits per heavy atom. The number of pyridine rings is 1. The van der Waals surface area contributed by atoms with Gasteiger partial charge in [0.25, 0.3) is 0 Å². The highest BCUT2D eigenvalue weighted by molar-refractivity contribution is 5.87. The van der Waals surface area contributed by atoms with Crippen LogP contribution in [0.25, 0.3) is 11.3 Å². The highest BCUT2D eigenvalue weighted by Crippen LogP contribution is 2.28. The van der Waals surface area contributed by atoms with E-state index >= 15 is 0 Å². The van der Waals surface area contributed by atoms with Crippen LogP contribution in [0.4, 0.5) is 10.5 Å². The van der Waals surface area contributed by atoms with E-state index in [4.69, 9.17) is 14.2 Å². The molecule has 1 atom stereocenters. The lowest BCUT2D eigenvalue weighted by molar-refractivity contribution is -0.148. The van der Waals surface area contributed by atoms with Gasteiger partial charge in [-0.05, 0) is 24.6 Å². The van der Waals surface area contributed by atoms with E-state index in [1.165, 1.54) is 7.11 Å². The zero-order valence-corrected chi connectivity index (χ0v) is 16.7. The number of ether oxygens (including phenoxy) is 3. The minimum atomic E-state index is -0.908. The first kappa shape index (κ1) is 20.9. The molecule has 3 rings (SSSR count). The molecule has 0 aliphatic heterocycles. The number of amides is 1. The second-order valence-electron chi connectivity index (χ2n) is 6.39. The fourth-order valence-electron chi connectivity index (χ4n) is 2.65. The molecule has 0 spiro atoms. The van der Waals surface area contributed by atoms with Crippen LogP contribution in [0.1, 0.15) is 12.5 Å². The third-order valence-electron chi connectivity index (χ3n) is 4.20. The van der Waals surface area contributed by atoms with E-state index in [1.807, 2.05) is 60.7 Å². The number of hydrogen-bond donors (Lipinski definition) is 1. The maximum Gasteiger partial charge on any atom is 0.412 e. The molecule has 0 saturated carbocycles. The standard InChI is InChI=1S/C23H22N2O5/c1-16(22(26)28-2)30-21-20(14-13-19(24-21)18-11-7-4-8-12-18)25-23(27)29-15-17-9-5-3-6-10-17/h3-14,16H,15H2,1-2H3,(H,25,27)/t16-/m1/s1. The topological polar surface area (TPSA) is 86.8 Å². The zero-order valence-electron chi connectivity index (χ0n) is 16.7. The number of anilines is 1. The maximum absolute atomic E-state index is 12.3. The van der Waals surface area contributed by atoms with Crippen LogP contribution in [0.3, 0.4) is 0 Å². The summed E-state index contributed by atoms with van der Waals surface area (Å²) in [5.74, 6) is -0.467. The molecule has 1 heterocycles. The van der Waals surface area contributed by atoms with Gasteiger partial charge in [-0.25, -0.2) is 14.6 Å². The number of methoxy groups -OCH3 is 1. The van der Waals surface area contributed by atoms with Gasteiger partial charge in [0.05, 0.1) is 12.8 Å².